The van der Waals surface area contributed by atoms with Crippen LogP contribution in [0.2, 0.25) is 0 Å². The monoisotopic (exact) mass is 833 g/mol. The van der Waals surface area contributed by atoms with Crippen molar-refractivity contribution in [1.29, 1.82) is 0 Å². The Labute approximate surface area is 306 Å². The zero-order valence-corrected chi connectivity index (χ0v) is 34.5. The Hall–Kier alpha value is 1.72. The second-order valence-electron chi connectivity index (χ2n) is 16.6. The Balaban J connectivity index is 0.000000186. The first kappa shape index (κ1) is 41.5. The fourth-order valence-electron chi connectivity index (χ4n) is 11.7. The van der Waals surface area contributed by atoms with E-state index in [2.05, 4.69) is 22.2 Å². The van der Waals surface area contributed by atoms with E-state index in [4.69, 9.17) is 22.5 Å². The standard InChI is InChI=1S/C19H35P.C18H33Cl2P.BF4.Ru/c1-20(17-11-5-2-6-12-17,18-13-7-3-8-14-18)19-15-9-4-10-16-19;19-21(20,16-10-4-1-5-11-16,17-12-6-2-7-13-17)18-14-8-3-9-15-18;2-1(3,4)5;/h1,17-20H,2-16H2;16-18H,1-15H2;;/q;;-1;. The van der Waals surface area contributed by atoms with Gasteiger partial charge in [0.2, 0.25) is 0 Å². The number of halogens is 6. The van der Waals surface area contributed by atoms with Gasteiger partial charge in [0.15, 0.2) is 0 Å². The Morgan fingerprint density at radius 2 is 0.617 bits per heavy atom. The summed E-state index contributed by atoms with van der Waals surface area (Å²) in [5.41, 5.74) is 5.49. The van der Waals surface area contributed by atoms with Gasteiger partial charge in [0, 0.05) is 0 Å². The average molecular weight is 834 g/mol. The summed E-state index contributed by atoms with van der Waals surface area (Å²) >= 11 is 18.5. The molecule has 0 saturated heterocycles. The predicted molar refractivity (Wildman–Crippen MR) is 204 cm³/mol. The van der Waals surface area contributed by atoms with E-state index < -0.39 is 19.8 Å². The third-order valence-electron chi connectivity index (χ3n) is 13.9. The van der Waals surface area contributed by atoms with E-state index >= 15 is 0 Å². The van der Waals surface area contributed by atoms with Crippen molar-refractivity contribution < 1.29 is 35.1 Å². The molecular weight excluding hydrogens is 765 g/mol. The Kier molecular flexibility index (Phi) is 17.4. The molecule has 0 aromatic rings. The fourth-order valence-corrected chi connectivity index (χ4v) is 31.4. The number of hydrogen-bond acceptors (Lipinski definition) is 0. The van der Waals surface area contributed by atoms with E-state index in [9.17, 15) is 17.3 Å². The maximum atomic E-state index is 9.75. The van der Waals surface area contributed by atoms with Gasteiger partial charge in [-0.25, -0.2) is 0 Å². The summed E-state index contributed by atoms with van der Waals surface area (Å²) in [6.45, 7) is 0. The third-order valence-corrected chi connectivity index (χ3v) is 33.6. The van der Waals surface area contributed by atoms with Gasteiger partial charge in [-0.15, -0.1) is 0 Å². The van der Waals surface area contributed by atoms with Crippen molar-refractivity contribution in [2.75, 3.05) is 0 Å². The van der Waals surface area contributed by atoms with Crippen LogP contribution in [0, 0.1) is 0 Å². The second-order valence-corrected chi connectivity index (χ2v) is 32.2. The molecule has 0 atom stereocenters. The number of hydrogen-bond donors (Lipinski definition) is 0. The van der Waals surface area contributed by atoms with Crippen LogP contribution in [0.1, 0.15) is 193 Å². The van der Waals surface area contributed by atoms with E-state index in [0.29, 0.717) is 17.0 Å². The molecule has 0 aromatic heterocycles. The van der Waals surface area contributed by atoms with Gasteiger partial charge in [-0.2, -0.15) is 0 Å². The van der Waals surface area contributed by atoms with E-state index in [1.807, 2.05) is 0 Å². The quantitative estimate of drug-likeness (QED) is 0.136. The van der Waals surface area contributed by atoms with Crippen molar-refractivity contribution >= 4 is 46.7 Å². The van der Waals surface area contributed by atoms with Gasteiger partial charge in [-0.3, -0.25) is 0 Å². The molecular formula is C37H68BCl2F4P2Ru-. The molecule has 0 radical (unpaired) electrons. The second kappa shape index (κ2) is 19.7. The van der Waals surface area contributed by atoms with E-state index in [1.165, 1.54) is 116 Å². The molecule has 0 aromatic carbocycles. The fraction of sp³-hybridized carbons (Fsp3) is 0.973. The summed E-state index contributed by atoms with van der Waals surface area (Å²) in [4.78, 5) is 0. The molecule has 0 unspecified atom stereocenters. The molecule has 0 heterocycles. The summed E-state index contributed by atoms with van der Waals surface area (Å²) in [6, 6.07) is 0. The van der Waals surface area contributed by atoms with Gasteiger partial charge in [0.05, 0.1) is 0 Å². The van der Waals surface area contributed by atoms with Crippen molar-refractivity contribution in [2.45, 2.75) is 227 Å². The number of rotatable bonds is 7. The molecule has 0 N–H and O–H groups in total. The molecule has 6 aliphatic carbocycles. The van der Waals surface area contributed by atoms with Crippen LogP contribution >= 0.6 is 35.1 Å². The van der Waals surface area contributed by atoms with E-state index in [1.54, 1.807) is 77.0 Å². The van der Waals surface area contributed by atoms with E-state index in [0.717, 1.165) is 17.0 Å². The first-order valence-corrected chi connectivity index (χ1v) is 27.8. The SMILES string of the molecule is ClP(Cl)(C1CCCCC1)(C1CCCCC1)C1CCCCC1.F[B-](F)(F)F.[Ru]=[CH][PH](C1CCCCC1)(C1CCCCC1)C1CCCCC1. The van der Waals surface area contributed by atoms with Crippen LogP contribution in [-0.2, 0) is 17.9 Å². The van der Waals surface area contributed by atoms with Gasteiger partial charge < -0.3 is 17.3 Å². The molecule has 6 fully saturated rings. The Bertz CT molecular complexity index is 801. The van der Waals surface area contributed by atoms with Gasteiger partial charge in [-0.05, 0) is 0 Å². The van der Waals surface area contributed by atoms with Gasteiger partial charge in [-0.1, -0.05) is 0 Å². The van der Waals surface area contributed by atoms with Crippen LogP contribution < -0.4 is 0 Å². The summed E-state index contributed by atoms with van der Waals surface area (Å²) < 4.78 is 41.8. The topological polar surface area (TPSA) is 0 Å². The van der Waals surface area contributed by atoms with Gasteiger partial charge in [0.1, 0.15) is 0 Å². The Morgan fingerprint density at radius 3 is 0.809 bits per heavy atom. The van der Waals surface area contributed by atoms with Gasteiger partial charge in [0.25, 0.3) is 0 Å². The molecule has 47 heavy (non-hydrogen) atoms. The normalized spacial score (nSPS) is 27.3. The van der Waals surface area contributed by atoms with Crippen LogP contribution in [0.15, 0.2) is 0 Å². The summed E-state index contributed by atoms with van der Waals surface area (Å²) in [5, 5.41) is -2.60. The van der Waals surface area contributed by atoms with Crippen molar-refractivity contribution in [2.24, 2.45) is 0 Å². The third kappa shape index (κ3) is 11.1. The maximum absolute atomic E-state index is 9.75. The molecule has 0 aliphatic heterocycles. The molecule has 6 saturated carbocycles. The minimum absolute atomic E-state index is 0.680. The first-order valence-electron chi connectivity index (χ1n) is 20.2. The molecule has 280 valence electrons. The van der Waals surface area contributed by atoms with Crippen molar-refractivity contribution in [3.05, 3.63) is 0 Å². The molecule has 6 aliphatic rings. The molecule has 0 spiro atoms. The van der Waals surface area contributed by atoms with Crippen LogP contribution in [0.3, 0.4) is 0 Å². The zero-order valence-electron chi connectivity index (χ0n) is 29.4. The molecule has 10 heteroatoms. The van der Waals surface area contributed by atoms with Crippen LogP contribution in [0.4, 0.5) is 17.3 Å². The van der Waals surface area contributed by atoms with Gasteiger partial charge >= 0.3 is 291 Å². The summed E-state index contributed by atoms with van der Waals surface area (Å²) in [5.74, 6) is 0. The van der Waals surface area contributed by atoms with Crippen molar-refractivity contribution in [1.82, 2.24) is 0 Å². The summed E-state index contributed by atoms with van der Waals surface area (Å²) in [7, 11) is -7.22. The minimum atomic E-state index is -6.00. The Morgan fingerprint density at radius 1 is 0.426 bits per heavy atom. The molecule has 0 nitrogen and oxygen atoms in total. The molecule has 0 amide bonds. The van der Waals surface area contributed by atoms with Crippen LogP contribution in [-0.4, -0.2) is 45.6 Å². The molecule has 6 rings (SSSR count). The van der Waals surface area contributed by atoms with Crippen molar-refractivity contribution in [3.63, 3.8) is 0 Å². The van der Waals surface area contributed by atoms with Crippen molar-refractivity contribution in [3.8, 4) is 0 Å². The average Bonchev–Trinajstić information content (AvgIpc) is 3.11. The first-order chi connectivity index (χ1) is 22.5. The van der Waals surface area contributed by atoms with E-state index in [-0.39, 0.29) is 0 Å². The predicted octanol–water partition coefficient (Wildman–Crippen LogP) is 15.2. The summed E-state index contributed by atoms with van der Waals surface area (Å²) in [6.07, 6.45) is 43.8. The zero-order chi connectivity index (χ0) is 33.8. The molecule has 0 bridgehead atoms. The van der Waals surface area contributed by atoms with Crippen LogP contribution in [0.25, 0.3) is 0 Å². The van der Waals surface area contributed by atoms with Crippen LogP contribution in [0.5, 0.6) is 0 Å².